The van der Waals surface area contributed by atoms with E-state index in [0.29, 0.717) is 0 Å². The van der Waals surface area contributed by atoms with E-state index in [-0.39, 0.29) is 5.41 Å². The zero-order chi connectivity index (χ0) is 41.7. The average Bonchev–Trinajstić information content (AvgIpc) is 3.86. The Bertz CT molecular complexity index is 3280. The summed E-state index contributed by atoms with van der Waals surface area (Å²) in [5.41, 5.74) is 20.1. The summed E-state index contributed by atoms with van der Waals surface area (Å²) < 4.78 is 2.37. The minimum Gasteiger partial charge on any atom is -0.310 e. The van der Waals surface area contributed by atoms with Gasteiger partial charge in [0.15, 0.2) is 0 Å². The van der Waals surface area contributed by atoms with Crippen LogP contribution in [0.5, 0.6) is 0 Å². The normalized spacial score (nSPS) is 14.1. The molecule has 0 amide bonds. The number of rotatable bonds is 6. The Balaban J connectivity index is 0.911. The van der Waals surface area contributed by atoms with Crippen LogP contribution in [0.4, 0.5) is 17.1 Å². The quantitative estimate of drug-likeness (QED) is 0.152. The molecule has 1 aromatic heterocycles. The van der Waals surface area contributed by atoms with Gasteiger partial charge < -0.3 is 9.47 Å². The van der Waals surface area contributed by atoms with Crippen molar-refractivity contribution in [3.8, 4) is 50.2 Å². The molecule has 2 aliphatic rings. The van der Waals surface area contributed by atoms with Gasteiger partial charge in [-0.15, -0.1) is 0 Å². The zero-order valence-corrected chi connectivity index (χ0v) is 36.5. The van der Waals surface area contributed by atoms with Gasteiger partial charge >= 0.3 is 0 Å². The molecule has 0 saturated carbocycles. The fourth-order valence-corrected chi connectivity index (χ4v) is 13.9. The second kappa shape index (κ2) is 13.7. The molecule has 0 fully saturated rings. The predicted octanol–water partition coefficient (Wildman–Crippen LogP) is 14.7. The summed E-state index contributed by atoms with van der Waals surface area (Å²) >= 11 is 0. The lowest BCUT2D eigenvalue weighted by molar-refractivity contribution is 0.660. The van der Waals surface area contributed by atoms with E-state index >= 15 is 0 Å². The lowest BCUT2D eigenvalue weighted by Crippen LogP contribution is -2.49. The maximum absolute atomic E-state index is 2.50. The molecule has 9 aromatic carbocycles. The van der Waals surface area contributed by atoms with Gasteiger partial charge in [-0.2, -0.15) is 0 Å². The molecule has 0 radical (unpaired) electrons. The lowest BCUT2D eigenvalue weighted by Gasteiger charge is -2.29. The molecule has 296 valence electrons. The van der Waals surface area contributed by atoms with Crippen LogP contribution >= 0.6 is 0 Å². The Morgan fingerprint density at radius 1 is 0.387 bits per heavy atom. The minimum atomic E-state index is -1.89. The fraction of sp³-hybridized carbons (Fsp3) is 0.0847. The molecule has 2 heterocycles. The van der Waals surface area contributed by atoms with Gasteiger partial charge in [0, 0.05) is 38.9 Å². The van der Waals surface area contributed by atoms with Crippen LogP contribution in [0.25, 0.3) is 72.0 Å². The SMILES string of the molecule is CC1(C)c2ccccc2-c2ccc(N(c3ccc(-c4ccc(-c5ccc6c(c5)c5ccccc5n6-c5ccccc5)cc4)cc3)c3ccc4c(c3)[Si](C)(C)c3ccccc3-4)cc21. The summed E-state index contributed by atoms with van der Waals surface area (Å²) in [6.07, 6.45) is 0. The van der Waals surface area contributed by atoms with E-state index < -0.39 is 8.07 Å². The first-order chi connectivity index (χ1) is 30.3. The third-order valence-corrected chi connectivity index (χ3v) is 17.6. The van der Waals surface area contributed by atoms with E-state index in [1.807, 2.05) is 0 Å². The molecule has 1 aliphatic carbocycles. The smallest absolute Gasteiger partial charge is 0.113 e. The lowest BCUT2D eigenvalue weighted by atomic mass is 9.82. The molecule has 0 saturated heterocycles. The van der Waals surface area contributed by atoms with Gasteiger partial charge in [-0.25, -0.2) is 0 Å². The summed E-state index contributed by atoms with van der Waals surface area (Å²) in [7, 11) is -1.89. The number of benzene rings is 9. The summed E-state index contributed by atoms with van der Waals surface area (Å²) in [5, 5.41) is 5.57. The predicted molar refractivity (Wildman–Crippen MR) is 266 cm³/mol. The summed E-state index contributed by atoms with van der Waals surface area (Å²) in [6, 6.07) is 76.9. The number of anilines is 3. The Morgan fingerprint density at radius 2 is 0.919 bits per heavy atom. The summed E-state index contributed by atoms with van der Waals surface area (Å²) in [6.45, 7) is 9.75. The molecule has 62 heavy (non-hydrogen) atoms. The van der Waals surface area contributed by atoms with Crippen LogP contribution in [0.2, 0.25) is 13.1 Å². The number of aromatic nitrogens is 1. The van der Waals surface area contributed by atoms with Gasteiger partial charge in [0.1, 0.15) is 8.07 Å². The molecule has 0 N–H and O–H groups in total. The van der Waals surface area contributed by atoms with Crippen molar-refractivity contribution in [1.82, 2.24) is 4.57 Å². The number of nitrogens with zero attached hydrogens (tertiary/aromatic N) is 2. The Morgan fingerprint density at radius 3 is 1.69 bits per heavy atom. The number of hydrogen-bond acceptors (Lipinski definition) is 1. The van der Waals surface area contributed by atoms with E-state index in [1.165, 1.54) is 105 Å². The van der Waals surface area contributed by atoms with Crippen molar-refractivity contribution in [3.05, 3.63) is 217 Å². The number of fused-ring (bicyclic) bond motifs is 9. The van der Waals surface area contributed by atoms with E-state index in [1.54, 1.807) is 0 Å². The Kier molecular flexibility index (Phi) is 8.07. The van der Waals surface area contributed by atoms with Crippen LogP contribution in [0.3, 0.4) is 0 Å². The van der Waals surface area contributed by atoms with Gasteiger partial charge in [0.05, 0.1) is 11.0 Å². The largest absolute Gasteiger partial charge is 0.310 e. The van der Waals surface area contributed by atoms with Crippen LogP contribution in [0.1, 0.15) is 25.0 Å². The maximum Gasteiger partial charge on any atom is 0.113 e. The molecule has 12 rings (SSSR count). The van der Waals surface area contributed by atoms with E-state index in [0.717, 1.165) is 5.69 Å². The zero-order valence-electron chi connectivity index (χ0n) is 35.5. The molecule has 0 spiro atoms. The molecule has 1 aliphatic heterocycles. The minimum absolute atomic E-state index is 0.0924. The maximum atomic E-state index is 2.50. The third-order valence-electron chi connectivity index (χ3n) is 14.0. The van der Waals surface area contributed by atoms with Crippen LogP contribution in [0, 0.1) is 0 Å². The van der Waals surface area contributed by atoms with Crippen molar-refractivity contribution in [3.63, 3.8) is 0 Å². The number of para-hydroxylation sites is 2. The first-order valence-corrected chi connectivity index (χ1v) is 24.8. The van der Waals surface area contributed by atoms with Crippen molar-refractivity contribution < 1.29 is 0 Å². The summed E-state index contributed by atoms with van der Waals surface area (Å²) in [4.78, 5) is 2.48. The van der Waals surface area contributed by atoms with Crippen LogP contribution in [0.15, 0.2) is 206 Å². The highest BCUT2D eigenvalue weighted by atomic mass is 28.3. The third kappa shape index (κ3) is 5.48. The summed E-state index contributed by atoms with van der Waals surface area (Å²) in [5.74, 6) is 0. The molecule has 0 bridgehead atoms. The molecule has 2 nitrogen and oxygen atoms in total. The molecule has 0 atom stereocenters. The van der Waals surface area contributed by atoms with Crippen LogP contribution < -0.4 is 15.3 Å². The highest BCUT2D eigenvalue weighted by molar-refractivity contribution is 7.03. The first-order valence-electron chi connectivity index (χ1n) is 21.8. The average molecular weight is 811 g/mol. The van der Waals surface area contributed by atoms with E-state index in [9.17, 15) is 0 Å². The molecule has 3 heteroatoms. The van der Waals surface area contributed by atoms with Gasteiger partial charge in [0.2, 0.25) is 0 Å². The van der Waals surface area contributed by atoms with Crippen LogP contribution in [-0.4, -0.2) is 12.6 Å². The molecule has 10 aromatic rings. The highest BCUT2D eigenvalue weighted by Gasteiger charge is 2.38. The van der Waals surface area contributed by atoms with Crippen molar-refractivity contribution >= 4 is 57.3 Å². The fourth-order valence-electron chi connectivity index (χ4n) is 10.8. The molecular formula is C59H46N2Si. The second-order valence-corrected chi connectivity index (χ2v) is 22.5. The van der Waals surface area contributed by atoms with Crippen molar-refractivity contribution in [1.29, 1.82) is 0 Å². The van der Waals surface area contributed by atoms with E-state index in [2.05, 4.69) is 243 Å². The van der Waals surface area contributed by atoms with Gasteiger partial charge in [-0.3, -0.25) is 0 Å². The Labute approximate surface area is 365 Å². The van der Waals surface area contributed by atoms with Gasteiger partial charge in [-0.1, -0.05) is 166 Å². The second-order valence-electron chi connectivity index (χ2n) is 18.2. The van der Waals surface area contributed by atoms with Gasteiger partial charge in [0.25, 0.3) is 0 Å². The van der Waals surface area contributed by atoms with Crippen molar-refractivity contribution in [2.45, 2.75) is 32.4 Å². The van der Waals surface area contributed by atoms with Crippen LogP contribution in [-0.2, 0) is 5.41 Å². The van der Waals surface area contributed by atoms with Crippen molar-refractivity contribution in [2.75, 3.05) is 4.90 Å². The topological polar surface area (TPSA) is 8.17 Å². The highest BCUT2D eigenvalue weighted by Crippen LogP contribution is 2.51. The van der Waals surface area contributed by atoms with E-state index in [4.69, 9.17) is 0 Å². The van der Waals surface area contributed by atoms with Gasteiger partial charge in [-0.05, 0) is 133 Å². The standard InChI is InChI=1S/C59H46N2Si/c1-59(2)53-19-11-8-16-47(53)48-33-31-45(37-54(48)59)60(46-32-34-51-50-18-10-13-21-57(50)62(3,4)58(51)38-46)44-29-26-40(27-30-44)39-22-24-41(25-23-39)42-28-35-56-52(36-42)49-17-9-12-20-55(49)61(56)43-14-6-5-7-15-43/h5-38H,1-4H3. The monoisotopic (exact) mass is 810 g/mol. The molecule has 0 unspecified atom stereocenters. The Hall–Kier alpha value is -7.20. The number of hydrogen-bond donors (Lipinski definition) is 0. The van der Waals surface area contributed by atoms with Crippen molar-refractivity contribution in [2.24, 2.45) is 0 Å². The molecular weight excluding hydrogens is 765 g/mol. The first kappa shape index (κ1) is 36.6.